The van der Waals surface area contributed by atoms with E-state index in [1.807, 2.05) is 73.7 Å². The largest absolute Gasteiger partial charge is 0.379 e. The maximum Gasteiger partial charge on any atom is 0.255 e. The number of nitrogens with one attached hydrogen (secondary N) is 2. The molecule has 0 heterocycles. The van der Waals surface area contributed by atoms with E-state index >= 15 is 0 Å². The number of aryl methyl sites for hydroxylation is 1. The molecule has 1 amide bonds. The van der Waals surface area contributed by atoms with Crippen molar-refractivity contribution in [1.82, 2.24) is 0 Å². The van der Waals surface area contributed by atoms with Crippen molar-refractivity contribution in [3.05, 3.63) is 95.6 Å². The topological polar surface area (TPSA) is 41.1 Å². The highest BCUT2D eigenvalue weighted by atomic mass is 16.1. The molecule has 0 aliphatic carbocycles. The standard InChI is InChI=1S/C22H22N2O/c1-16-8-6-7-11-21(16)22(25)24-20-14-12-19(13-15-20)23-17(2)18-9-4-3-5-10-18/h3-15,17,23H,1-2H3,(H,24,25). The van der Waals surface area contributed by atoms with Crippen LogP contribution < -0.4 is 10.6 Å². The summed E-state index contributed by atoms with van der Waals surface area (Å²) in [6, 6.07) is 25.9. The van der Waals surface area contributed by atoms with E-state index in [1.165, 1.54) is 5.56 Å². The van der Waals surface area contributed by atoms with Crippen LogP contribution in [0.3, 0.4) is 0 Å². The summed E-state index contributed by atoms with van der Waals surface area (Å²) in [6.07, 6.45) is 0. The zero-order valence-corrected chi connectivity index (χ0v) is 14.5. The smallest absolute Gasteiger partial charge is 0.255 e. The van der Waals surface area contributed by atoms with Crippen LogP contribution in [0, 0.1) is 6.92 Å². The zero-order chi connectivity index (χ0) is 17.6. The minimum atomic E-state index is -0.0866. The lowest BCUT2D eigenvalue weighted by atomic mass is 10.1. The van der Waals surface area contributed by atoms with E-state index in [0.717, 1.165) is 16.9 Å². The Labute approximate surface area is 148 Å². The van der Waals surface area contributed by atoms with E-state index in [1.54, 1.807) is 0 Å². The average Bonchev–Trinajstić information content (AvgIpc) is 2.64. The summed E-state index contributed by atoms with van der Waals surface area (Å²) in [4.78, 5) is 12.4. The van der Waals surface area contributed by atoms with Gasteiger partial charge < -0.3 is 10.6 Å². The second-order valence-corrected chi connectivity index (χ2v) is 6.12. The van der Waals surface area contributed by atoms with Gasteiger partial charge in [-0.05, 0) is 55.3 Å². The number of amides is 1. The Morgan fingerprint density at radius 1 is 0.800 bits per heavy atom. The minimum Gasteiger partial charge on any atom is -0.379 e. The van der Waals surface area contributed by atoms with E-state index in [9.17, 15) is 4.79 Å². The van der Waals surface area contributed by atoms with Gasteiger partial charge in [0.1, 0.15) is 0 Å². The molecular weight excluding hydrogens is 308 g/mol. The summed E-state index contributed by atoms with van der Waals surface area (Å²) < 4.78 is 0. The van der Waals surface area contributed by atoms with Gasteiger partial charge in [0.05, 0.1) is 0 Å². The highest BCUT2D eigenvalue weighted by Gasteiger charge is 2.09. The summed E-state index contributed by atoms with van der Waals surface area (Å²) in [5, 5.41) is 6.41. The van der Waals surface area contributed by atoms with Crippen LogP contribution in [0.5, 0.6) is 0 Å². The molecule has 3 aromatic carbocycles. The maximum atomic E-state index is 12.4. The Morgan fingerprint density at radius 3 is 2.08 bits per heavy atom. The van der Waals surface area contributed by atoms with Gasteiger partial charge in [-0.25, -0.2) is 0 Å². The summed E-state index contributed by atoms with van der Waals surface area (Å²) in [6.45, 7) is 4.07. The number of carbonyl (C=O) groups is 1. The molecule has 3 heteroatoms. The van der Waals surface area contributed by atoms with Gasteiger partial charge in [0.25, 0.3) is 5.91 Å². The summed E-state index contributed by atoms with van der Waals surface area (Å²) in [5.41, 5.74) is 4.70. The van der Waals surface area contributed by atoms with Crippen molar-refractivity contribution in [3.8, 4) is 0 Å². The van der Waals surface area contributed by atoms with E-state index in [0.29, 0.717) is 5.56 Å². The van der Waals surface area contributed by atoms with E-state index in [2.05, 4.69) is 29.7 Å². The Kier molecular flexibility index (Phi) is 5.14. The summed E-state index contributed by atoms with van der Waals surface area (Å²) in [7, 11) is 0. The maximum absolute atomic E-state index is 12.4. The van der Waals surface area contributed by atoms with E-state index in [4.69, 9.17) is 0 Å². The average molecular weight is 330 g/mol. The highest BCUT2D eigenvalue weighted by molar-refractivity contribution is 6.05. The number of carbonyl (C=O) groups excluding carboxylic acids is 1. The van der Waals surface area contributed by atoms with Crippen LogP contribution in [-0.2, 0) is 0 Å². The first-order chi connectivity index (χ1) is 12.1. The number of anilines is 2. The van der Waals surface area contributed by atoms with Gasteiger partial charge in [-0.2, -0.15) is 0 Å². The van der Waals surface area contributed by atoms with Gasteiger partial charge in [0, 0.05) is 23.0 Å². The van der Waals surface area contributed by atoms with Gasteiger partial charge in [-0.3, -0.25) is 4.79 Å². The molecule has 0 saturated carbocycles. The lowest BCUT2D eigenvalue weighted by Crippen LogP contribution is -2.13. The zero-order valence-electron chi connectivity index (χ0n) is 14.5. The first-order valence-corrected chi connectivity index (χ1v) is 8.42. The molecule has 0 radical (unpaired) electrons. The predicted octanol–water partition coefficient (Wildman–Crippen LogP) is 5.42. The SMILES string of the molecule is Cc1ccccc1C(=O)Nc1ccc(NC(C)c2ccccc2)cc1. The summed E-state index contributed by atoms with van der Waals surface area (Å²) in [5.74, 6) is -0.0866. The Hall–Kier alpha value is -3.07. The van der Waals surface area contributed by atoms with Gasteiger partial charge in [-0.15, -0.1) is 0 Å². The van der Waals surface area contributed by atoms with E-state index in [-0.39, 0.29) is 11.9 Å². The van der Waals surface area contributed by atoms with Crippen molar-refractivity contribution < 1.29 is 4.79 Å². The molecule has 2 N–H and O–H groups in total. The molecule has 3 nitrogen and oxygen atoms in total. The van der Waals surface area contributed by atoms with Crippen molar-refractivity contribution in [2.24, 2.45) is 0 Å². The molecule has 0 spiro atoms. The van der Waals surface area contributed by atoms with Gasteiger partial charge in [-0.1, -0.05) is 48.5 Å². The second-order valence-electron chi connectivity index (χ2n) is 6.12. The van der Waals surface area contributed by atoms with Crippen molar-refractivity contribution in [2.45, 2.75) is 19.9 Å². The van der Waals surface area contributed by atoms with Crippen LogP contribution in [0.4, 0.5) is 11.4 Å². The molecule has 126 valence electrons. The molecule has 0 fully saturated rings. The van der Waals surface area contributed by atoms with Gasteiger partial charge in [0.15, 0.2) is 0 Å². The molecule has 0 aliphatic rings. The molecule has 25 heavy (non-hydrogen) atoms. The van der Waals surface area contributed by atoms with Crippen LogP contribution in [0.25, 0.3) is 0 Å². The Bertz CT molecular complexity index is 841. The molecule has 0 aliphatic heterocycles. The number of hydrogen-bond acceptors (Lipinski definition) is 2. The quantitative estimate of drug-likeness (QED) is 0.656. The van der Waals surface area contributed by atoms with Gasteiger partial charge >= 0.3 is 0 Å². The number of benzene rings is 3. The fourth-order valence-electron chi connectivity index (χ4n) is 2.75. The monoisotopic (exact) mass is 330 g/mol. The molecule has 3 rings (SSSR count). The van der Waals surface area contributed by atoms with Crippen LogP contribution in [0.15, 0.2) is 78.9 Å². The summed E-state index contributed by atoms with van der Waals surface area (Å²) >= 11 is 0. The van der Waals surface area contributed by atoms with E-state index < -0.39 is 0 Å². The third-order valence-electron chi connectivity index (χ3n) is 4.22. The van der Waals surface area contributed by atoms with Crippen molar-refractivity contribution in [2.75, 3.05) is 10.6 Å². The molecule has 3 aromatic rings. The highest BCUT2D eigenvalue weighted by Crippen LogP contribution is 2.21. The lowest BCUT2D eigenvalue weighted by molar-refractivity contribution is 0.102. The number of rotatable bonds is 5. The van der Waals surface area contributed by atoms with Crippen LogP contribution >= 0.6 is 0 Å². The Balaban J connectivity index is 1.64. The van der Waals surface area contributed by atoms with Gasteiger partial charge in [0.2, 0.25) is 0 Å². The van der Waals surface area contributed by atoms with Crippen LogP contribution in [-0.4, -0.2) is 5.91 Å². The molecule has 0 saturated heterocycles. The lowest BCUT2D eigenvalue weighted by Gasteiger charge is -2.16. The van der Waals surface area contributed by atoms with Crippen LogP contribution in [0.2, 0.25) is 0 Å². The molecular formula is C22H22N2O. The third kappa shape index (κ3) is 4.27. The Morgan fingerprint density at radius 2 is 1.40 bits per heavy atom. The first kappa shape index (κ1) is 16.8. The minimum absolute atomic E-state index is 0.0866. The fourth-order valence-corrected chi connectivity index (χ4v) is 2.75. The van der Waals surface area contributed by atoms with Crippen molar-refractivity contribution >= 4 is 17.3 Å². The van der Waals surface area contributed by atoms with Crippen molar-refractivity contribution in [1.29, 1.82) is 0 Å². The first-order valence-electron chi connectivity index (χ1n) is 8.42. The van der Waals surface area contributed by atoms with Crippen molar-refractivity contribution in [3.63, 3.8) is 0 Å². The number of hydrogen-bond donors (Lipinski definition) is 2. The molecule has 1 unspecified atom stereocenters. The third-order valence-corrected chi connectivity index (χ3v) is 4.22. The normalized spacial score (nSPS) is 11.6. The second kappa shape index (κ2) is 7.67. The predicted molar refractivity (Wildman–Crippen MR) is 104 cm³/mol. The van der Waals surface area contributed by atoms with Crippen LogP contribution in [0.1, 0.15) is 34.5 Å². The molecule has 0 aromatic heterocycles. The molecule has 0 bridgehead atoms. The molecule has 1 atom stereocenters. The fraction of sp³-hybridized carbons (Fsp3) is 0.136.